The van der Waals surface area contributed by atoms with Crippen molar-refractivity contribution in [2.24, 2.45) is 0 Å². The average Bonchev–Trinajstić information content (AvgIpc) is 3.13. The highest BCUT2D eigenvalue weighted by Crippen LogP contribution is 2.25. The van der Waals surface area contributed by atoms with Crippen LogP contribution in [0.15, 0.2) is 47.1 Å². The van der Waals surface area contributed by atoms with E-state index in [-0.39, 0.29) is 12.0 Å². The van der Waals surface area contributed by atoms with E-state index in [4.69, 9.17) is 4.74 Å². The zero-order valence-corrected chi connectivity index (χ0v) is 15.8. The zero-order valence-electron chi connectivity index (χ0n) is 14.2. The van der Waals surface area contributed by atoms with Crippen molar-refractivity contribution in [3.8, 4) is 5.88 Å². The van der Waals surface area contributed by atoms with Crippen LogP contribution >= 0.6 is 15.9 Å². The van der Waals surface area contributed by atoms with Gasteiger partial charge in [0, 0.05) is 29.2 Å². The molecular weight excluding hydrogens is 380 g/mol. The quantitative estimate of drug-likeness (QED) is 0.745. The fourth-order valence-electron chi connectivity index (χ4n) is 3.06. The molecular formula is C20H23BrN2O2. The second-order valence-electron chi connectivity index (χ2n) is 6.36. The molecule has 1 heterocycles. The summed E-state index contributed by atoms with van der Waals surface area (Å²) in [6.45, 7) is 0.449. The predicted octanol–water partition coefficient (Wildman–Crippen LogP) is 4.41. The third-order valence-corrected chi connectivity index (χ3v) is 5.26. The molecule has 1 aromatic heterocycles. The fraction of sp³-hybridized carbons (Fsp3) is 0.400. The maximum atomic E-state index is 12.2. The topological polar surface area (TPSA) is 51.2 Å². The Hall–Kier alpha value is -1.88. The first-order chi connectivity index (χ1) is 12.2. The minimum Gasteiger partial charge on any atom is -0.474 e. The van der Waals surface area contributed by atoms with Gasteiger partial charge in [-0.25, -0.2) is 4.98 Å². The van der Waals surface area contributed by atoms with Crippen LogP contribution < -0.4 is 10.1 Å². The van der Waals surface area contributed by atoms with Crippen LogP contribution in [0, 0.1) is 0 Å². The summed E-state index contributed by atoms with van der Waals surface area (Å²) in [5.74, 6) is 0.687. The van der Waals surface area contributed by atoms with Crippen LogP contribution in [-0.2, 0) is 17.8 Å². The third-order valence-electron chi connectivity index (χ3n) is 4.49. The Morgan fingerprint density at radius 1 is 1.16 bits per heavy atom. The Morgan fingerprint density at radius 2 is 1.92 bits per heavy atom. The number of nitrogens with zero attached hydrogens (tertiary/aromatic N) is 1. The molecule has 132 valence electrons. The Kier molecular flexibility index (Phi) is 6.45. The first kappa shape index (κ1) is 17.9. The summed E-state index contributed by atoms with van der Waals surface area (Å²) in [4.78, 5) is 16.5. The van der Waals surface area contributed by atoms with Gasteiger partial charge in [-0.2, -0.15) is 0 Å². The van der Waals surface area contributed by atoms with Gasteiger partial charge in [-0.15, -0.1) is 0 Å². The lowest BCUT2D eigenvalue weighted by Crippen LogP contribution is -2.24. The molecule has 0 atom stereocenters. The summed E-state index contributed by atoms with van der Waals surface area (Å²) >= 11 is 3.52. The molecule has 1 N–H and O–H groups in total. The molecule has 1 aliphatic rings. The van der Waals surface area contributed by atoms with E-state index >= 15 is 0 Å². The largest absolute Gasteiger partial charge is 0.474 e. The number of aromatic nitrogens is 1. The van der Waals surface area contributed by atoms with Crippen molar-refractivity contribution in [2.45, 2.75) is 51.2 Å². The summed E-state index contributed by atoms with van der Waals surface area (Å²) < 4.78 is 7.06. The highest BCUT2D eigenvalue weighted by Gasteiger charge is 2.18. The molecule has 2 aromatic rings. The number of ether oxygens (including phenoxy) is 1. The lowest BCUT2D eigenvalue weighted by molar-refractivity contribution is -0.121. The Balaban J connectivity index is 1.51. The van der Waals surface area contributed by atoms with Gasteiger partial charge in [-0.05, 0) is 49.8 Å². The smallest absolute Gasteiger partial charge is 0.220 e. The summed E-state index contributed by atoms with van der Waals surface area (Å²) in [7, 11) is 0. The van der Waals surface area contributed by atoms with Crippen LogP contribution in [0.25, 0.3) is 0 Å². The second-order valence-corrected chi connectivity index (χ2v) is 7.21. The zero-order chi connectivity index (χ0) is 17.5. The second kappa shape index (κ2) is 8.99. The van der Waals surface area contributed by atoms with Gasteiger partial charge in [0.15, 0.2) is 0 Å². The van der Waals surface area contributed by atoms with Gasteiger partial charge < -0.3 is 10.1 Å². The number of carbonyl (C=O) groups excluding carboxylic acids is 1. The van der Waals surface area contributed by atoms with Crippen molar-refractivity contribution >= 4 is 21.8 Å². The van der Waals surface area contributed by atoms with Crippen molar-refractivity contribution in [3.63, 3.8) is 0 Å². The van der Waals surface area contributed by atoms with E-state index in [1.54, 1.807) is 6.20 Å². The minimum atomic E-state index is 0.0337. The average molecular weight is 403 g/mol. The molecule has 0 radical (unpaired) electrons. The summed E-state index contributed by atoms with van der Waals surface area (Å²) in [6, 6.07) is 11.8. The lowest BCUT2D eigenvalue weighted by atomic mass is 10.1. The molecule has 4 nitrogen and oxygen atoms in total. The fourth-order valence-corrected chi connectivity index (χ4v) is 3.54. The van der Waals surface area contributed by atoms with Crippen LogP contribution in [0.3, 0.4) is 0 Å². The molecule has 1 aliphatic carbocycles. The molecule has 0 saturated heterocycles. The number of nitrogens with one attached hydrogen (secondary N) is 1. The normalized spacial score (nSPS) is 14.4. The molecule has 0 unspecified atom stereocenters. The maximum Gasteiger partial charge on any atom is 0.220 e. The van der Waals surface area contributed by atoms with Crippen molar-refractivity contribution in [3.05, 3.63) is 58.2 Å². The standard InChI is InChI=1S/C20H23BrN2O2/c21-18-10-4-1-6-15(18)11-12-19(24)23-14-16-7-5-13-22-20(16)25-17-8-2-3-9-17/h1,4-7,10,13,17H,2-3,8-9,11-12,14H2,(H,23,24). The molecule has 1 aromatic carbocycles. The van der Waals surface area contributed by atoms with Gasteiger partial charge >= 0.3 is 0 Å². The van der Waals surface area contributed by atoms with E-state index in [1.165, 1.54) is 12.8 Å². The molecule has 5 heteroatoms. The third kappa shape index (κ3) is 5.30. The van der Waals surface area contributed by atoms with Crippen LogP contribution in [0.4, 0.5) is 0 Å². The van der Waals surface area contributed by atoms with E-state index in [2.05, 4.69) is 26.2 Å². The summed E-state index contributed by atoms with van der Waals surface area (Å²) in [5, 5.41) is 2.98. The van der Waals surface area contributed by atoms with E-state index in [0.717, 1.165) is 28.4 Å². The van der Waals surface area contributed by atoms with E-state index in [1.807, 2.05) is 36.4 Å². The molecule has 1 amide bonds. The Labute approximate surface area is 157 Å². The van der Waals surface area contributed by atoms with Crippen LogP contribution in [0.2, 0.25) is 0 Å². The van der Waals surface area contributed by atoms with E-state index in [9.17, 15) is 4.79 Å². The van der Waals surface area contributed by atoms with Crippen molar-refractivity contribution in [1.82, 2.24) is 10.3 Å². The van der Waals surface area contributed by atoms with Crippen LogP contribution in [0.5, 0.6) is 5.88 Å². The molecule has 1 fully saturated rings. The van der Waals surface area contributed by atoms with Gasteiger partial charge in [0.05, 0.1) is 0 Å². The lowest BCUT2D eigenvalue weighted by Gasteiger charge is -2.15. The number of benzene rings is 1. The van der Waals surface area contributed by atoms with E-state index in [0.29, 0.717) is 25.3 Å². The Bertz CT molecular complexity index is 714. The predicted molar refractivity (Wildman–Crippen MR) is 101 cm³/mol. The van der Waals surface area contributed by atoms with E-state index < -0.39 is 0 Å². The molecule has 25 heavy (non-hydrogen) atoms. The van der Waals surface area contributed by atoms with Gasteiger partial charge in [0.1, 0.15) is 6.10 Å². The number of pyridine rings is 1. The SMILES string of the molecule is O=C(CCc1ccccc1Br)NCc1cccnc1OC1CCCC1. The molecule has 3 rings (SSSR count). The van der Waals surface area contributed by atoms with Gasteiger partial charge in [-0.1, -0.05) is 40.2 Å². The number of hydrogen-bond acceptors (Lipinski definition) is 3. The molecule has 0 aliphatic heterocycles. The number of rotatable bonds is 7. The van der Waals surface area contributed by atoms with Crippen LogP contribution in [0.1, 0.15) is 43.2 Å². The van der Waals surface area contributed by atoms with Crippen molar-refractivity contribution in [2.75, 3.05) is 0 Å². The summed E-state index contributed by atoms with van der Waals surface area (Å²) in [5.41, 5.74) is 2.08. The number of aryl methyl sites for hydroxylation is 1. The molecule has 0 bridgehead atoms. The monoisotopic (exact) mass is 402 g/mol. The molecule has 1 saturated carbocycles. The summed E-state index contributed by atoms with van der Waals surface area (Å²) in [6.07, 6.45) is 7.80. The number of hydrogen-bond donors (Lipinski definition) is 1. The highest BCUT2D eigenvalue weighted by atomic mass is 79.9. The first-order valence-electron chi connectivity index (χ1n) is 8.83. The van der Waals surface area contributed by atoms with Crippen LogP contribution in [-0.4, -0.2) is 17.0 Å². The van der Waals surface area contributed by atoms with Gasteiger partial charge in [-0.3, -0.25) is 4.79 Å². The highest BCUT2D eigenvalue weighted by molar-refractivity contribution is 9.10. The number of carbonyl (C=O) groups is 1. The van der Waals surface area contributed by atoms with Gasteiger partial charge in [0.2, 0.25) is 11.8 Å². The number of halogens is 1. The molecule has 0 spiro atoms. The van der Waals surface area contributed by atoms with Crippen molar-refractivity contribution in [1.29, 1.82) is 0 Å². The Morgan fingerprint density at radius 3 is 2.72 bits per heavy atom. The maximum absolute atomic E-state index is 12.2. The minimum absolute atomic E-state index is 0.0337. The number of amides is 1. The first-order valence-corrected chi connectivity index (χ1v) is 9.62. The van der Waals surface area contributed by atoms with Gasteiger partial charge in [0.25, 0.3) is 0 Å². The van der Waals surface area contributed by atoms with Crippen molar-refractivity contribution < 1.29 is 9.53 Å².